The summed E-state index contributed by atoms with van der Waals surface area (Å²) in [6, 6.07) is 0.766. The van der Waals surface area contributed by atoms with Crippen LogP contribution in [0.25, 0.3) is 0 Å². The third kappa shape index (κ3) is 2.29. The summed E-state index contributed by atoms with van der Waals surface area (Å²) >= 11 is 0. The van der Waals surface area contributed by atoms with Crippen LogP contribution in [0.15, 0.2) is 0 Å². The maximum atomic E-state index is 5.45. The van der Waals surface area contributed by atoms with Gasteiger partial charge in [-0.3, -0.25) is 0 Å². The quantitative estimate of drug-likeness (QED) is 0.749. The third-order valence-electron chi connectivity index (χ3n) is 4.05. The molecule has 2 heteroatoms. The Kier molecular flexibility index (Phi) is 3.13. The number of hydrogen-bond acceptors (Lipinski definition) is 2. The van der Waals surface area contributed by atoms with Crippen LogP contribution in [0.4, 0.5) is 0 Å². The molecule has 1 saturated heterocycles. The summed E-state index contributed by atoms with van der Waals surface area (Å²) in [5.74, 6) is 0.843. The van der Waals surface area contributed by atoms with Gasteiger partial charge in [-0.05, 0) is 50.5 Å². The van der Waals surface area contributed by atoms with Gasteiger partial charge in [-0.2, -0.15) is 0 Å². The van der Waals surface area contributed by atoms with Crippen LogP contribution in [0.5, 0.6) is 0 Å². The topological polar surface area (TPSA) is 21.3 Å². The molecule has 2 aliphatic rings. The molecule has 0 aromatic carbocycles. The summed E-state index contributed by atoms with van der Waals surface area (Å²) < 4.78 is 5.45. The largest absolute Gasteiger partial charge is 0.381 e. The monoisotopic (exact) mass is 197 g/mol. The SMILES string of the molecule is CNC1CCC(C)(CC2CCOC2)C1. The van der Waals surface area contributed by atoms with E-state index in [4.69, 9.17) is 4.74 Å². The van der Waals surface area contributed by atoms with Crippen molar-refractivity contribution in [2.75, 3.05) is 20.3 Å². The Morgan fingerprint density at radius 2 is 2.29 bits per heavy atom. The van der Waals surface area contributed by atoms with Gasteiger partial charge in [0.1, 0.15) is 0 Å². The Morgan fingerprint density at radius 3 is 2.86 bits per heavy atom. The molecule has 0 aromatic heterocycles. The molecule has 0 radical (unpaired) electrons. The smallest absolute Gasteiger partial charge is 0.0495 e. The molecular weight excluding hydrogens is 174 g/mol. The Morgan fingerprint density at radius 1 is 1.43 bits per heavy atom. The summed E-state index contributed by atoms with van der Waals surface area (Å²) in [5, 5.41) is 3.41. The first-order chi connectivity index (χ1) is 6.72. The van der Waals surface area contributed by atoms with Crippen molar-refractivity contribution in [2.45, 2.75) is 45.1 Å². The molecule has 0 spiro atoms. The van der Waals surface area contributed by atoms with Crippen molar-refractivity contribution < 1.29 is 4.74 Å². The van der Waals surface area contributed by atoms with Crippen LogP contribution in [0.2, 0.25) is 0 Å². The van der Waals surface area contributed by atoms with Gasteiger partial charge in [-0.25, -0.2) is 0 Å². The van der Waals surface area contributed by atoms with Crippen LogP contribution in [0, 0.1) is 11.3 Å². The second-order valence-corrected chi connectivity index (χ2v) is 5.47. The lowest BCUT2D eigenvalue weighted by atomic mass is 9.79. The van der Waals surface area contributed by atoms with E-state index < -0.39 is 0 Å². The number of nitrogens with one attached hydrogen (secondary N) is 1. The van der Waals surface area contributed by atoms with E-state index in [1.807, 2.05) is 0 Å². The van der Waals surface area contributed by atoms with Crippen LogP contribution >= 0.6 is 0 Å². The van der Waals surface area contributed by atoms with Crippen LogP contribution in [0.1, 0.15) is 39.0 Å². The first kappa shape index (κ1) is 10.4. The lowest BCUT2D eigenvalue weighted by Gasteiger charge is -2.27. The van der Waals surface area contributed by atoms with Gasteiger partial charge in [-0.15, -0.1) is 0 Å². The lowest BCUT2D eigenvalue weighted by molar-refractivity contribution is 0.166. The fourth-order valence-corrected chi connectivity index (χ4v) is 3.19. The Labute approximate surface area is 87.4 Å². The Bertz CT molecular complexity index is 189. The van der Waals surface area contributed by atoms with Crippen molar-refractivity contribution in [1.82, 2.24) is 5.32 Å². The molecule has 14 heavy (non-hydrogen) atoms. The summed E-state index contributed by atoms with van der Waals surface area (Å²) in [5.41, 5.74) is 0.589. The molecular formula is C12H23NO. The molecule has 2 fully saturated rings. The van der Waals surface area contributed by atoms with E-state index in [9.17, 15) is 0 Å². The van der Waals surface area contributed by atoms with Gasteiger partial charge < -0.3 is 10.1 Å². The molecule has 3 unspecified atom stereocenters. The van der Waals surface area contributed by atoms with Gasteiger partial charge in [-0.1, -0.05) is 6.92 Å². The van der Waals surface area contributed by atoms with Gasteiger partial charge in [0.2, 0.25) is 0 Å². The van der Waals surface area contributed by atoms with Crippen LogP contribution in [-0.4, -0.2) is 26.3 Å². The minimum absolute atomic E-state index is 0.589. The molecule has 1 heterocycles. The first-order valence-corrected chi connectivity index (χ1v) is 5.97. The van der Waals surface area contributed by atoms with Crippen molar-refractivity contribution in [1.29, 1.82) is 0 Å². The van der Waals surface area contributed by atoms with E-state index in [1.165, 1.54) is 32.1 Å². The van der Waals surface area contributed by atoms with E-state index in [0.717, 1.165) is 25.2 Å². The van der Waals surface area contributed by atoms with E-state index in [0.29, 0.717) is 5.41 Å². The van der Waals surface area contributed by atoms with E-state index >= 15 is 0 Å². The molecule has 1 N–H and O–H groups in total. The first-order valence-electron chi connectivity index (χ1n) is 5.97. The molecule has 82 valence electrons. The highest BCUT2D eigenvalue weighted by molar-refractivity contribution is 4.90. The minimum Gasteiger partial charge on any atom is -0.381 e. The average molecular weight is 197 g/mol. The normalized spacial score (nSPS) is 43.3. The molecule has 1 aliphatic heterocycles. The highest BCUT2D eigenvalue weighted by atomic mass is 16.5. The maximum Gasteiger partial charge on any atom is 0.0495 e. The zero-order valence-corrected chi connectivity index (χ0v) is 9.51. The van der Waals surface area contributed by atoms with Crippen molar-refractivity contribution in [3.05, 3.63) is 0 Å². The molecule has 0 amide bonds. The van der Waals surface area contributed by atoms with Crippen molar-refractivity contribution >= 4 is 0 Å². The van der Waals surface area contributed by atoms with Crippen molar-refractivity contribution in [2.24, 2.45) is 11.3 Å². The maximum absolute atomic E-state index is 5.45. The minimum atomic E-state index is 0.589. The number of rotatable bonds is 3. The van der Waals surface area contributed by atoms with Crippen LogP contribution < -0.4 is 5.32 Å². The summed E-state index contributed by atoms with van der Waals surface area (Å²) in [6.07, 6.45) is 6.79. The molecule has 2 rings (SSSR count). The zero-order chi connectivity index (χ0) is 10.0. The van der Waals surface area contributed by atoms with Crippen LogP contribution in [-0.2, 0) is 4.74 Å². The van der Waals surface area contributed by atoms with E-state index in [2.05, 4.69) is 19.3 Å². The van der Waals surface area contributed by atoms with E-state index in [-0.39, 0.29) is 0 Å². The predicted molar refractivity (Wildman–Crippen MR) is 58.3 cm³/mol. The van der Waals surface area contributed by atoms with Crippen molar-refractivity contribution in [3.8, 4) is 0 Å². The van der Waals surface area contributed by atoms with Gasteiger partial charge in [0.05, 0.1) is 0 Å². The molecule has 3 atom stereocenters. The van der Waals surface area contributed by atoms with Gasteiger partial charge in [0.15, 0.2) is 0 Å². The lowest BCUT2D eigenvalue weighted by Crippen LogP contribution is -2.25. The average Bonchev–Trinajstić information content (AvgIpc) is 2.76. The van der Waals surface area contributed by atoms with Gasteiger partial charge in [0.25, 0.3) is 0 Å². The molecule has 0 aromatic rings. The molecule has 2 nitrogen and oxygen atoms in total. The van der Waals surface area contributed by atoms with Crippen molar-refractivity contribution in [3.63, 3.8) is 0 Å². The Hall–Kier alpha value is -0.0800. The van der Waals surface area contributed by atoms with Gasteiger partial charge >= 0.3 is 0 Å². The zero-order valence-electron chi connectivity index (χ0n) is 9.51. The van der Waals surface area contributed by atoms with Crippen LogP contribution in [0.3, 0.4) is 0 Å². The highest BCUT2D eigenvalue weighted by Crippen LogP contribution is 2.43. The second-order valence-electron chi connectivity index (χ2n) is 5.47. The summed E-state index contributed by atoms with van der Waals surface area (Å²) in [7, 11) is 2.09. The standard InChI is InChI=1S/C12H23NO/c1-12(5-3-11(8-12)13-2)7-10-4-6-14-9-10/h10-11,13H,3-9H2,1-2H3. The summed E-state index contributed by atoms with van der Waals surface area (Å²) in [6.45, 7) is 4.47. The fraction of sp³-hybridized carbons (Fsp3) is 1.00. The molecule has 0 bridgehead atoms. The second kappa shape index (κ2) is 4.19. The number of hydrogen-bond donors (Lipinski definition) is 1. The Balaban J connectivity index is 1.83. The number of ether oxygens (including phenoxy) is 1. The van der Waals surface area contributed by atoms with E-state index in [1.54, 1.807) is 0 Å². The summed E-state index contributed by atoms with van der Waals surface area (Å²) in [4.78, 5) is 0. The highest BCUT2D eigenvalue weighted by Gasteiger charge is 2.36. The molecule has 1 saturated carbocycles. The predicted octanol–water partition coefficient (Wildman–Crippen LogP) is 2.19. The third-order valence-corrected chi connectivity index (χ3v) is 4.05. The molecule has 1 aliphatic carbocycles. The fourth-order valence-electron chi connectivity index (χ4n) is 3.19. The van der Waals surface area contributed by atoms with Gasteiger partial charge in [0, 0.05) is 19.3 Å².